The Labute approximate surface area is 74.7 Å². The van der Waals surface area contributed by atoms with E-state index in [1.807, 2.05) is 29.1 Å². The second kappa shape index (κ2) is 2.91. The molecule has 60 valence electrons. The minimum Gasteiger partial charge on any atom is -0.337 e. The molecule has 0 aliphatic heterocycles. The lowest BCUT2D eigenvalue weighted by molar-refractivity contribution is 1.02. The molecule has 2 aromatic heterocycles. The van der Waals surface area contributed by atoms with Crippen molar-refractivity contribution in [3.05, 3.63) is 41.7 Å². The molecule has 0 radical (unpaired) electrons. The summed E-state index contributed by atoms with van der Waals surface area (Å²) in [5.74, 6) is 0. The average Bonchev–Trinajstić information content (AvgIpc) is 2.53. The molecule has 12 heavy (non-hydrogen) atoms. The van der Waals surface area contributed by atoms with Gasteiger partial charge >= 0.3 is 0 Å². The normalized spacial score (nSPS) is 10.0. The van der Waals surface area contributed by atoms with Crippen molar-refractivity contribution >= 4 is 12.2 Å². The molecular weight excluding hydrogens is 170 g/mol. The monoisotopic (exact) mass is 177 g/mol. The number of H-pyrrole nitrogens is 1. The SMILES string of the molecule is S=c1[nH]ccn1-c1ccncc1. The zero-order valence-corrected chi connectivity index (χ0v) is 7.08. The summed E-state index contributed by atoms with van der Waals surface area (Å²) in [4.78, 5) is 6.85. The van der Waals surface area contributed by atoms with E-state index in [9.17, 15) is 0 Å². The fourth-order valence-electron chi connectivity index (χ4n) is 1.03. The van der Waals surface area contributed by atoms with Crippen molar-refractivity contribution in [2.75, 3.05) is 0 Å². The highest BCUT2D eigenvalue weighted by Gasteiger charge is 1.93. The number of hydrogen-bond acceptors (Lipinski definition) is 2. The number of hydrogen-bond donors (Lipinski definition) is 1. The summed E-state index contributed by atoms with van der Waals surface area (Å²) in [5.41, 5.74) is 1.02. The standard InChI is InChI=1S/C8H7N3S/c12-8-10-5-6-11(8)7-1-3-9-4-2-7/h1-6H,(H,10,12). The lowest BCUT2D eigenvalue weighted by Gasteiger charge is -1.98. The van der Waals surface area contributed by atoms with Crippen LogP contribution in [0.5, 0.6) is 0 Å². The molecule has 0 aliphatic rings. The maximum absolute atomic E-state index is 5.05. The van der Waals surface area contributed by atoms with E-state index < -0.39 is 0 Å². The molecule has 0 saturated carbocycles. The Morgan fingerprint density at radius 1 is 1.33 bits per heavy atom. The van der Waals surface area contributed by atoms with E-state index in [4.69, 9.17) is 12.2 Å². The molecule has 0 amide bonds. The van der Waals surface area contributed by atoms with Crippen LogP contribution in [0.25, 0.3) is 5.69 Å². The third kappa shape index (κ3) is 1.16. The molecule has 0 unspecified atom stereocenters. The van der Waals surface area contributed by atoms with Crippen molar-refractivity contribution in [2.24, 2.45) is 0 Å². The van der Waals surface area contributed by atoms with Gasteiger partial charge in [0, 0.05) is 24.8 Å². The largest absolute Gasteiger partial charge is 0.337 e. The van der Waals surface area contributed by atoms with Gasteiger partial charge in [0.1, 0.15) is 0 Å². The first kappa shape index (κ1) is 7.24. The lowest BCUT2D eigenvalue weighted by atomic mass is 10.4. The van der Waals surface area contributed by atoms with Gasteiger partial charge in [0.05, 0.1) is 5.69 Å². The second-order valence-corrected chi connectivity index (χ2v) is 2.73. The van der Waals surface area contributed by atoms with E-state index in [1.165, 1.54) is 0 Å². The van der Waals surface area contributed by atoms with Gasteiger partial charge in [-0.3, -0.25) is 9.55 Å². The Hall–Kier alpha value is -1.42. The lowest BCUT2D eigenvalue weighted by Crippen LogP contribution is -1.91. The van der Waals surface area contributed by atoms with Crippen LogP contribution in [0.4, 0.5) is 0 Å². The topological polar surface area (TPSA) is 33.6 Å². The van der Waals surface area contributed by atoms with Gasteiger partial charge in [-0.05, 0) is 24.4 Å². The predicted octanol–water partition coefficient (Wildman–Crippen LogP) is 1.93. The summed E-state index contributed by atoms with van der Waals surface area (Å²) in [7, 11) is 0. The molecule has 4 heteroatoms. The van der Waals surface area contributed by atoms with Crippen LogP contribution in [0.2, 0.25) is 0 Å². The molecule has 0 aliphatic carbocycles. The number of nitrogens with one attached hydrogen (secondary N) is 1. The Kier molecular flexibility index (Phi) is 1.75. The molecular formula is C8H7N3S. The van der Waals surface area contributed by atoms with E-state index >= 15 is 0 Å². The molecule has 0 spiro atoms. The summed E-state index contributed by atoms with van der Waals surface area (Å²) < 4.78 is 2.58. The minimum atomic E-state index is 0.696. The number of pyridine rings is 1. The zero-order chi connectivity index (χ0) is 8.39. The molecule has 2 rings (SSSR count). The van der Waals surface area contributed by atoms with Gasteiger partial charge in [-0.2, -0.15) is 0 Å². The third-order valence-corrected chi connectivity index (χ3v) is 1.90. The molecule has 0 fully saturated rings. The minimum absolute atomic E-state index is 0.696. The van der Waals surface area contributed by atoms with E-state index in [2.05, 4.69) is 9.97 Å². The highest BCUT2D eigenvalue weighted by Crippen LogP contribution is 2.04. The van der Waals surface area contributed by atoms with Crippen LogP contribution in [0.1, 0.15) is 0 Å². The maximum atomic E-state index is 5.05. The molecule has 2 aromatic rings. The van der Waals surface area contributed by atoms with Crippen molar-refractivity contribution in [3.63, 3.8) is 0 Å². The first-order chi connectivity index (χ1) is 5.88. The van der Waals surface area contributed by atoms with Gasteiger partial charge < -0.3 is 4.98 Å². The number of rotatable bonds is 1. The first-order valence-electron chi connectivity index (χ1n) is 3.54. The summed E-state index contributed by atoms with van der Waals surface area (Å²) >= 11 is 5.05. The van der Waals surface area contributed by atoms with E-state index in [1.54, 1.807) is 12.4 Å². The predicted molar refractivity (Wildman–Crippen MR) is 48.7 cm³/mol. The van der Waals surface area contributed by atoms with Crippen molar-refractivity contribution in [2.45, 2.75) is 0 Å². The van der Waals surface area contributed by atoms with Gasteiger partial charge in [0.15, 0.2) is 4.77 Å². The van der Waals surface area contributed by atoms with Crippen LogP contribution in [0, 0.1) is 4.77 Å². The van der Waals surface area contributed by atoms with E-state index in [0.717, 1.165) is 5.69 Å². The van der Waals surface area contributed by atoms with Crippen LogP contribution in [-0.2, 0) is 0 Å². The second-order valence-electron chi connectivity index (χ2n) is 2.34. The van der Waals surface area contributed by atoms with Gasteiger partial charge in [-0.1, -0.05) is 0 Å². The quantitative estimate of drug-likeness (QED) is 0.675. The number of imidazole rings is 1. The molecule has 3 nitrogen and oxygen atoms in total. The molecule has 2 heterocycles. The Balaban J connectivity index is 2.59. The van der Waals surface area contributed by atoms with Crippen LogP contribution < -0.4 is 0 Å². The Morgan fingerprint density at radius 2 is 2.08 bits per heavy atom. The average molecular weight is 177 g/mol. The number of nitrogens with zero attached hydrogens (tertiary/aromatic N) is 2. The van der Waals surface area contributed by atoms with Gasteiger partial charge in [0.2, 0.25) is 0 Å². The van der Waals surface area contributed by atoms with Crippen molar-refractivity contribution in [1.82, 2.24) is 14.5 Å². The third-order valence-electron chi connectivity index (χ3n) is 1.59. The van der Waals surface area contributed by atoms with Crippen molar-refractivity contribution < 1.29 is 0 Å². The highest BCUT2D eigenvalue weighted by molar-refractivity contribution is 7.71. The molecule has 0 bridgehead atoms. The van der Waals surface area contributed by atoms with Crippen LogP contribution in [0.15, 0.2) is 36.9 Å². The number of aromatic nitrogens is 3. The molecule has 0 atom stereocenters. The first-order valence-corrected chi connectivity index (χ1v) is 3.95. The summed E-state index contributed by atoms with van der Waals surface area (Å²) in [6.45, 7) is 0. The Morgan fingerprint density at radius 3 is 2.67 bits per heavy atom. The molecule has 0 saturated heterocycles. The summed E-state index contributed by atoms with van der Waals surface area (Å²) in [6, 6.07) is 3.81. The Bertz CT molecular complexity index is 415. The van der Waals surface area contributed by atoms with E-state index in [-0.39, 0.29) is 0 Å². The van der Waals surface area contributed by atoms with Gasteiger partial charge in [-0.25, -0.2) is 0 Å². The fourth-order valence-corrected chi connectivity index (χ4v) is 1.26. The van der Waals surface area contributed by atoms with Crippen molar-refractivity contribution in [1.29, 1.82) is 0 Å². The van der Waals surface area contributed by atoms with E-state index in [0.29, 0.717) is 4.77 Å². The molecule has 0 aromatic carbocycles. The zero-order valence-electron chi connectivity index (χ0n) is 6.27. The van der Waals surface area contributed by atoms with Crippen LogP contribution in [0.3, 0.4) is 0 Å². The van der Waals surface area contributed by atoms with Crippen LogP contribution >= 0.6 is 12.2 Å². The smallest absolute Gasteiger partial charge is 0.181 e. The number of aromatic amines is 1. The maximum Gasteiger partial charge on any atom is 0.181 e. The van der Waals surface area contributed by atoms with Crippen LogP contribution in [-0.4, -0.2) is 14.5 Å². The summed E-state index contributed by atoms with van der Waals surface area (Å²) in [5, 5.41) is 0. The van der Waals surface area contributed by atoms with Gasteiger partial charge in [-0.15, -0.1) is 0 Å². The van der Waals surface area contributed by atoms with Crippen molar-refractivity contribution in [3.8, 4) is 5.69 Å². The fraction of sp³-hybridized carbons (Fsp3) is 0. The summed E-state index contributed by atoms with van der Waals surface area (Å²) in [6.07, 6.45) is 7.18. The van der Waals surface area contributed by atoms with Gasteiger partial charge in [0.25, 0.3) is 0 Å². The molecule has 1 N–H and O–H groups in total. The highest BCUT2D eigenvalue weighted by atomic mass is 32.1.